The van der Waals surface area contributed by atoms with Crippen LogP contribution in [0.4, 0.5) is 16.2 Å². The summed E-state index contributed by atoms with van der Waals surface area (Å²) in [5.74, 6) is 0.0860. The van der Waals surface area contributed by atoms with E-state index in [-0.39, 0.29) is 17.6 Å². The molecular formula is C19H22FN7OS. The molecule has 0 amide bonds. The molecule has 3 N–H and O–H groups in total. The third kappa shape index (κ3) is 4.76. The van der Waals surface area contributed by atoms with E-state index in [9.17, 15) is 4.39 Å². The molecule has 0 aromatic carbocycles. The minimum absolute atomic E-state index is 0.00591. The largest absolute Gasteiger partial charge is 0.475 e. The number of aryl methyl sites for hydroxylation is 2. The number of halogens is 1. The molecule has 0 aliphatic heterocycles. The van der Waals surface area contributed by atoms with Crippen LogP contribution in [0.25, 0.3) is 0 Å². The van der Waals surface area contributed by atoms with Crippen LogP contribution in [-0.2, 0) is 6.54 Å². The second kappa shape index (κ2) is 8.24. The van der Waals surface area contributed by atoms with Crippen molar-refractivity contribution in [2.45, 2.75) is 39.2 Å². The Morgan fingerprint density at radius 2 is 2.10 bits per heavy atom. The molecule has 8 nitrogen and oxygen atoms in total. The van der Waals surface area contributed by atoms with Crippen LogP contribution < -0.4 is 15.8 Å². The number of hydrogen-bond donors (Lipinski definition) is 2. The van der Waals surface area contributed by atoms with E-state index in [1.165, 1.54) is 11.3 Å². The molecule has 1 saturated carbocycles. The fourth-order valence-electron chi connectivity index (χ4n) is 3.23. The van der Waals surface area contributed by atoms with Crippen molar-refractivity contribution in [1.82, 2.24) is 25.1 Å². The second-order valence-electron chi connectivity index (χ2n) is 7.06. The lowest BCUT2D eigenvalue weighted by atomic mass is 10.2. The van der Waals surface area contributed by atoms with Gasteiger partial charge in [0.1, 0.15) is 10.0 Å². The van der Waals surface area contributed by atoms with Crippen molar-refractivity contribution >= 4 is 23.1 Å². The second-order valence-corrected chi connectivity index (χ2v) is 8.33. The van der Waals surface area contributed by atoms with Gasteiger partial charge in [-0.1, -0.05) is 17.4 Å². The van der Waals surface area contributed by atoms with Crippen molar-refractivity contribution in [3.8, 4) is 5.88 Å². The van der Waals surface area contributed by atoms with Crippen LogP contribution in [0.2, 0.25) is 0 Å². The highest BCUT2D eigenvalue weighted by molar-refractivity contribution is 7.11. The van der Waals surface area contributed by atoms with Crippen LogP contribution in [0.5, 0.6) is 5.88 Å². The number of nitrogens with one attached hydrogen (secondary N) is 1. The first-order valence-corrected chi connectivity index (χ1v) is 10.2. The number of hydrogen-bond acceptors (Lipinski definition) is 9. The lowest BCUT2D eigenvalue weighted by molar-refractivity contribution is 0.275. The average Bonchev–Trinajstić information content (AvgIpc) is 3.35. The summed E-state index contributed by atoms with van der Waals surface area (Å²) >= 11 is 1.43. The number of nitrogens with zero attached hydrogens (tertiary/aromatic N) is 5. The molecule has 0 bridgehead atoms. The monoisotopic (exact) mass is 415 g/mol. The molecule has 3 aromatic rings. The molecule has 2 atom stereocenters. The summed E-state index contributed by atoms with van der Waals surface area (Å²) in [6.45, 7) is 4.50. The highest BCUT2D eigenvalue weighted by atomic mass is 32.1. The highest BCUT2D eigenvalue weighted by Gasteiger charge is 2.39. The number of aromatic nitrogens is 5. The van der Waals surface area contributed by atoms with E-state index >= 15 is 0 Å². The number of nitrogens with two attached hydrogens (primary N) is 1. The maximum absolute atomic E-state index is 14.7. The molecule has 152 valence electrons. The molecule has 0 spiro atoms. The van der Waals surface area contributed by atoms with E-state index < -0.39 is 5.82 Å². The molecule has 3 aromatic heterocycles. The van der Waals surface area contributed by atoms with Gasteiger partial charge in [-0.25, -0.2) is 0 Å². The van der Waals surface area contributed by atoms with Gasteiger partial charge in [0.05, 0.1) is 13.2 Å². The Balaban J connectivity index is 1.32. The third-order valence-electron chi connectivity index (χ3n) is 4.75. The van der Waals surface area contributed by atoms with E-state index in [1.807, 2.05) is 26.0 Å². The van der Waals surface area contributed by atoms with Crippen LogP contribution in [0, 0.1) is 25.6 Å². The lowest BCUT2D eigenvalue weighted by Crippen LogP contribution is -2.10. The van der Waals surface area contributed by atoms with E-state index in [0.717, 1.165) is 34.2 Å². The Morgan fingerprint density at radius 3 is 2.86 bits per heavy atom. The van der Waals surface area contributed by atoms with Gasteiger partial charge in [0.25, 0.3) is 5.88 Å². The number of anilines is 2. The maximum Gasteiger partial charge on any atom is 0.257 e. The first kappa shape index (κ1) is 19.4. The fraction of sp³-hybridized carbons (Fsp3) is 0.421. The van der Waals surface area contributed by atoms with Crippen molar-refractivity contribution < 1.29 is 9.13 Å². The van der Waals surface area contributed by atoms with Crippen LogP contribution in [-0.4, -0.2) is 31.8 Å². The van der Waals surface area contributed by atoms with Gasteiger partial charge in [-0.2, -0.15) is 14.4 Å². The predicted octanol–water partition coefficient (Wildman–Crippen LogP) is 3.25. The van der Waals surface area contributed by atoms with Gasteiger partial charge < -0.3 is 15.8 Å². The Bertz CT molecular complexity index is 1010. The smallest absolute Gasteiger partial charge is 0.257 e. The summed E-state index contributed by atoms with van der Waals surface area (Å²) in [4.78, 5) is 12.4. The van der Waals surface area contributed by atoms with Gasteiger partial charge in [-0.05, 0) is 44.7 Å². The first-order chi connectivity index (χ1) is 14.0. The molecule has 4 rings (SSSR count). The van der Waals surface area contributed by atoms with Gasteiger partial charge in [-0.15, -0.1) is 10.2 Å². The zero-order valence-electron chi connectivity index (χ0n) is 16.2. The Labute approximate surface area is 171 Å². The Kier molecular flexibility index (Phi) is 5.52. The van der Waals surface area contributed by atoms with Gasteiger partial charge >= 0.3 is 0 Å². The highest BCUT2D eigenvalue weighted by Crippen LogP contribution is 2.48. The summed E-state index contributed by atoms with van der Waals surface area (Å²) < 4.78 is 20.3. The average molecular weight is 415 g/mol. The summed E-state index contributed by atoms with van der Waals surface area (Å²) in [5.41, 5.74) is 7.85. The minimum atomic E-state index is -0.659. The SMILES string of the molecule is Cc1cccc(C2CC2CCOc2nc(N)nc(NCc3nnc(C)s3)c2F)n1. The standard InChI is InChI=1S/C19H22FN7OS/c1-10-4-3-5-14(23-10)13-8-12(13)6-7-28-18-16(20)17(24-19(21)25-18)22-9-15-27-26-11(2)29-15/h3-5,12-13H,6-9H2,1-2H3,(H3,21,22,24,25). The van der Waals surface area contributed by atoms with Gasteiger partial charge in [0, 0.05) is 17.3 Å². The van der Waals surface area contributed by atoms with Crippen LogP contribution in [0.15, 0.2) is 18.2 Å². The molecule has 10 heteroatoms. The Morgan fingerprint density at radius 1 is 1.24 bits per heavy atom. The van der Waals surface area contributed by atoms with E-state index in [0.29, 0.717) is 25.0 Å². The molecule has 3 heterocycles. The maximum atomic E-state index is 14.7. The summed E-state index contributed by atoms with van der Waals surface area (Å²) in [5, 5.41) is 12.4. The van der Waals surface area contributed by atoms with Gasteiger partial charge in [0.2, 0.25) is 11.8 Å². The summed E-state index contributed by atoms with van der Waals surface area (Å²) in [6.07, 6.45) is 1.87. The molecule has 1 aliphatic carbocycles. The molecule has 2 unspecified atom stereocenters. The molecule has 0 saturated heterocycles. The zero-order chi connectivity index (χ0) is 20.4. The Hall–Kier alpha value is -2.88. The van der Waals surface area contributed by atoms with Crippen LogP contribution >= 0.6 is 11.3 Å². The quantitative estimate of drug-likeness (QED) is 0.577. The summed E-state index contributed by atoms with van der Waals surface area (Å²) in [6, 6.07) is 6.07. The van der Waals surface area contributed by atoms with E-state index in [1.54, 1.807) is 0 Å². The molecule has 1 aliphatic rings. The number of rotatable bonds is 8. The molecule has 1 fully saturated rings. The van der Waals surface area contributed by atoms with Crippen molar-refractivity contribution in [2.24, 2.45) is 5.92 Å². The van der Waals surface area contributed by atoms with Crippen molar-refractivity contribution in [2.75, 3.05) is 17.7 Å². The first-order valence-electron chi connectivity index (χ1n) is 9.42. The topological polar surface area (TPSA) is 112 Å². The van der Waals surface area contributed by atoms with Crippen molar-refractivity contribution in [1.29, 1.82) is 0 Å². The number of nitrogen functional groups attached to an aromatic ring is 1. The van der Waals surface area contributed by atoms with Gasteiger partial charge in [-0.3, -0.25) is 4.98 Å². The number of pyridine rings is 1. The fourth-order valence-corrected chi connectivity index (χ4v) is 3.88. The minimum Gasteiger partial charge on any atom is -0.475 e. The van der Waals surface area contributed by atoms with Crippen molar-refractivity contribution in [3.63, 3.8) is 0 Å². The molecule has 29 heavy (non-hydrogen) atoms. The normalized spacial score (nSPS) is 17.9. The van der Waals surface area contributed by atoms with E-state index in [2.05, 4.69) is 36.5 Å². The molecule has 0 radical (unpaired) electrons. The third-order valence-corrected chi connectivity index (χ3v) is 5.59. The van der Waals surface area contributed by atoms with Crippen LogP contribution in [0.1, 0.15) is 40.2 Å². The molecular weight excluding hydrogens is 393 g/mol. The number of ether oxygens (including phenoxy) is 1. The zero-order valence-corrected chi connectivity index (χ0v) is 17.0. The predicted molar refractivity (Wildman–Crippen MR) is 108 cm³/mol. The summed E-state index contributed by atoms with van der Waals surface area (Å²) in [7, 11) is 0. The van der Waals surface area contributed by atoms with Gasteiger partial charge in [0.15, 0.2) is 5.82 Å². The van der Waals surface area contributed by atoms with Crippen LogP contribution in [0.3, 0.4) is 0 Å². The van der Waals surface area contributed by atoms with E-state index in [4.69, 9.17) is 10.5 Å². The lowest BCUT2D eigenvalue weighted by Gasteiger charge is -2.10. The van der Waals surface area contributed by atoms with Crippen molar-refractivity contribution in [3.05, 3.63) is 45.4 Å².